The monoisotopic (exact) mass is 211 g/mol. The molecule has 1 atom stereocenters. The fraction of sp³-hybridized carbons (Fsp3) is 0.667. The van der Waals surface area contributed by atoms with Gasteiger partial charge in [-0.2, -0.15) is 0 Å². The van der Waals surface area contributed by atoms with E-state index in [-0.39, 0.29) is 0 Å². The van der Waals surface area contributed by atoms with E-state index < -0.39 is 0 Å². The molecule has 0 radical (unpaired) electrons. The van der Waals surface area contributed by atoms with Crippen LogP contribution < -0.4 is 5.32 Å². The lowest BCUT2D eigenvalue weighted by Gasteiger charge is -2.25. The quantitative estimate of drug-likeness (QED) is 0.805. The van der Waals surface area contributed by atoms with E-state index in [1.165, 1.54) is 11.3 Å². The van der Waals surface area contributed by atoms with Gasteiger partial charge in [0, 0.05) is 10.9 Å². The minimum Gasteiger partial charge on any atom is -0.317 e. The molecule has 1 rings (SSSR count). The lowest BCUT2D eigenvalue weighted by atomic mass is 9.87. The summed E-state index contributed by atoms with van der Waals surface area (Å²) in [6.07, 6.45) is 2.38. The number of likely N-dealkylation sites (N-methyl/N-ethyl adjacent to an activating group) is 1. The maximum absolute atomic E-state index is 3.40. The average Bonchev–Trinajstić information content (AvgIpc) is 2.53. The predicted molar refractivity (Wildman–Crippen MR) is 64.9 cm³/mol. The predicted octanol–water partition coefficient (Wildman–Crippen LogP) is 3.31. The van der Waals surface area contributed by atoms with Crippen LogP contribution in [0.4, 0.5) is 0 Å². The second-order valence-electron chi connectivity index (χ2n) is 5.03. The van der Waals surface area contributed by atoms with Crippen LogP contribution >= 0.6 is 11.3 Å². The van der Waals surface area contributed by atoms with E-state index in [1.807, 2.05) is 11.3 Å². The van der Waals surface area contributed by atoms with E-state index >= 15 is 0 Å². The first-order chi connectivity index (χ1) is 6.51. The molecule has 0 aliphatic heterocycles. The fourth-order valence-corrected chi connectivity index (χ4v) is 2.47. The summed E-state index contributed by atoms with van der Waals surface area (Å²) in [5.74, 6) is 0. The van der Waals surface area contributed by atoms with Crippen molar-refractivity contribution in [1.29, 1.82) is 0 Å². The zero-order valence-electron chi connectivity index (χ0n) is 9.63. The lowest BCUT2D eigenvalue weighted by Crippen LogP contribution is -2.31. The molecule has 1 nitrogen and oxygen atoms in total. The summed E-state index contributed by atoms with van der Waals surface area (Å²) in [6.45, 7) is 6.89. The lowest BCUT2D eigenvalue weighted by molar-refractivity contribution is 0.316. The van der Waals surface area contributed by atoms with Crippen molar-refractivity contribution >= 4 is 11.3 Å². The first kappa shape index (κ1) is 11.7. The van der Waals surface area contributed by atoms with Gasteiger partial charge in [-0.1, -0.05) is 26.8 Å². The molecule has 0 aromatic carbocycles. The Kier molecular flexibility index (Phi) is 4.14. The van der Waals surface area contributed by atoms with Gasteiger partial charge in [0.1, 0.15) is 0 Å². The van der Waals surface area contributed by atoms with Crippen molar-refractivity contribution in [2.75, 3.05) is 7.05 Å². The van der Waals surface area contributed by atoms with Crippen molar-refractivity contribution in [2.45, 2.75) is 39.7 Å². The first-order valence-electron chi connectivity index (χ1n) is 5.21. The molecule has 14 heavy (non-hydrogen) atoms. The van der Waals surface area contributed by atoms with Crippen LogP contribution in [0.15, 0.2) is 17.5 Å². The number of rotatable bonds is 4. The van der Waals surface area contributed by atoms with Crippen LogP contribution in [0.5, 0.6) is 0 Å². The molecule has 1 aromatic heterocycles. The van der Waals surface area contributed by atoms with Crippen molar-refractivity contribution in [1.82, 2.24) is 5.32 Å². The van der Waals surface area contributed by atoms with E-state index in [2.05, 4.69) is 50.6 Å². The minimum absolute atomic E-state index is 0.408. The summed E-state index contributed by atoms with van der Waals surface area (Å²) >= 11 is 1.85. The number of nitrogens with one attached hydrogen (secondary N) is 1. The van der Waals surface area contributed by atoms with Gasteiger partial charge in [0.2, 0.25) is 0 Å². The average molecular weight is 211 g/mol. The van der Waals surface area contributed by atoms with Gasteiger partial charge >= 0.3 is 0 Å². The Morgan fingerprint density at radius 3 is 2.57 bits per heavy atom. The summed E-state index contributed by atoms with van der Waals surface area (Å²) in [7, 11) is 2.06. The molecule has 80 valence electrons. The molecule has 0 saturated heterocycles. The van der Waals surface area contributed by atoms with Crippen LogP contribution in [-0.4, -0.2) is 13.1 Å². The summed E-state index contributed by atoms with van der Waals surface area (Å²) in [5, 5.41) is 5.56. The van der Waals surface area contributed by atoms with E-state index in [4.69, 9.17) is 0 Å². The molecule has 0 aliphatic carbocycles. The van der Waals surface area contributed by atoms with Crippen molar-refractivity contribution in [3.05, 3.63) is 22.4 Å². The molecule has 0 aliphatic rings. The molecule has 1 N–H and O–H groups in total. The van der Waals surface area contributed by atoms with Crippen molar-refractivity contribution < 1.29 is 0 Å². The Hall–Kier alpha value is -0.340. The molecule has 1 unspecified atom stereocenters. The van der Waals surface area contributed by atoms with E-state index in [9.17, 15) is 0 Å². The SMILES string of the molecule is CNC(Cc1cccs1)CC(C)(C)C. The zero-order chi connectivity index (χ0) is 10.6. The molecular weight excluding hydrogens is 190 g/mol. The Labute approximate surface area is 91.5 Å². The van der Waals surface area contributed by atoms with Crippen molar-refractivity contribution in [3.63, 3.8) is 0 Å². The number of thiophene rings is 1. The Morgan fingerprint density at radius 2 is 2.14 bits per heavy atom. The molecular formula is C12H21NS. The highest BCUT2D eigenvalue weighted by Crippen LogP contribution is 2.23. The third-order valence-electron chi connectivity index (χ3n) is 2.29. The minimum atomic E-state index is 0.408. The third-order valence-corrected chi connectivity index (χ3v) is 3.19. The van der Waals surface area contributed by atoms with E-state index in [1.54, 1.807) is 0 Å². The maximum atomic E-state index is 3.40. The summed E-state index contributed by atoms with van der Waals surface area (Å²) in [6, 6.07) is 4.95. The molecule has 1 heterocycles. The molecule has 1 aromatic rings. The Bertz CT molecular complexity index is 246. The van der Waals surface area contributed by atoms with Gasteiger partial charge < -0.3 is 5.32 Å². The van der Waals surface area contributed by atoms with Crippen LogP contribution in [-0.2, 0) is 6.42 Å². The third kappa shape index (κ3) is 4.25. The number of hydrogen-bond donors (Lipinski definition) is 1. The Morgan fingerprint density at radius 1 is 1.43 bits per heavy atom. The summed E-state index contributed by atoms with van der Waals surface area (Å²) < 4.78 is 0. The van der Waals surface area contributed by atoms with Crippen LogP contribution in [0.3, 0.4) is 0 Å². The molecule has 0 bridgehead atoms. The summed E-state index contributed by atoms with van der Waals surface area (Å²) in [4.78, 5) is 1.48. The highest BCUT2D eigenvalue weighted by Gasteiger charge is 2.17. The maximum Gasteiger partial charge on any atom is 0.0117 e. The van der Waals surface area contributed by atoms with Crippen LogP contribution in [0, 0.1) is 5.41 Å². The van der Waals surface area contributed by atoms with E-state index in [0.717, 1.165) is 6.42 Å². The van der Waals surface area contributed by atoms with Gasteiger partial charge in [-0.25, -0.2) is 0 Å². The largest absolute Gasteiger partial charge is 0.317 e. The van der Waals surface area contributed by atoms with Gasteiger partial charge in [-0.05, 0) is 36.8 Å². The molecule has 0 amide bonds. The van der Waals surface area contributed by atoms with Crippen LogP contribution in [0.1, 0.15) is 32.1 Å². The number of hydrogen-bond acceptors (Lipinski definition) is 2. The van der Waals surface area contributed by atoms with E-state index in [0.29, 0.717) is 11.5 Å². The van der Waals surface area contributed by atoms with Gasteiger partial charge in [0.05, 0.1) is 0 Å². The standard InChI is InChI=1S/C12H21NS/c1-12(2,3)9-10(13-4)8-11-6-5-7-14-11/h5-7,10,13H,8-9H2,1-4H3. The van der Waals surface area contributed by atoms with Crippen LogP contribution in [0.2, 0.25) is 0 Å². The topological polar surface area (TPSA) is 12.0 Å². The van der Waals surface area contributed by atoms with Gasteiger partial charge in [0.25, 0.3) is 0 Å². The second-order valence-corrected chi connectivity index (χ2v) is 6.07. The normalized spacial score (nSPS) is 14.3. The van der Waals surface area contributed by atoms with Gasteiger partial charge in [-0.3, -0.25) is 0 Å². The van der Waals surface area contributed by atoms with Crippen molar-refractivity contribution in [3.8, 4) is 0 Å². The molecule has 2 heteroatoms. The van der Waals surface area contributed by atoms with Crippen LogP contribution in [0.25, 0.3) is 0 Å². The molecule has 0 saturated carbocycles. The second kappa shape index (κ2) is 4.94. The molecule has 0 fully saturated rings. The zero-order valence-corrected chi connectivity index (χ0v) is 10.4. The Balaban J connectivity index is 2.47. The summed E-state index contributed by atoms with van der Waals surface area (Å²) in [5.41, 5.74) is 0.408. The molecule has 0 spiro atoms. The first-order valence-corrected chi connectivity index (χ1v) is 6.09. The van der Waals surface area contributed by atoms with Gasteiger partial charge in [0.15, 0.2) is 0 Å². The van der Waals surface area contributed by atoms with Gasteiger partial charge in [-0.15, -0.1) is 11.3 Å². The highest BCUT2D eigenvalue weighted by atomic mass is 32.1. The fourth-order valence-electron chi connectivity index (χ4n) is 1.69. The highest BCUT2D eigenvalue weighted by molar-refractivity contribution is 7.09. The smallest absolute Gasteiger partial charge is 0.0117 e. The van der Waals surface area contributed by atoms with Crippen molar-refractivity contribution in [2.24, 2.45) is 5.41 Å².